The lowest BCUT2D eigenvalue weighted by atomic mass is 10.2. The number of carbonyl (C=O) groups excluding carboxylic acids is 3. The standard InChI is InChI=1S/C14H14ClN3O4S/c1-2-22-12(20)7-6-11(19)16-14(23)18-17-13(21)9-4-3-5-10(15)8-9/h3-8H,2H2,1H3,(H,17,21)(H2,16,18,19,23). The highest BCUT2D eigenvalue weighted by molar-refractivity contribution is 7.80. The Hall–Kier alpha value is -2.45. The lowest BCUT2D eigenvalue weighted by Crippen LogP contribution is -2.48. The Labute approximate surface area is 143 Å². The molecule has 2 amide bonds. The van der Waals surface area contributed by atoms with Crippen LogP contribution in [0.15, 0.2) is 36.4 Å². The highest BCUT2D eigenvalue weighted by Crippen LogP contribution is 2.09. The van der Waals surface area contributed by atoms with Gasteiger partial charge in [0.25, 0.3) is 5.91 Å². The zero-order valence-corrected chi connectivity index (χ0v) is 13.7. The van der Waals surface area contributed by atoms with Crippen molar-refractivity contribution in [2.75, 3.05) is 6.61 Å². The molecule has 0 aromatic heterocycles. The maximum Gasteiger partial charge on any atom is 0.330 e. The molecule has 1 aromatic carbocycles. The number of hydrogen-bond acceptors (Lipinski definition) is 5. The van der Waals surface area contributed by atoms with Gasteiger partial charge in [-0.3, -0.25) is 25.8 Å². The Kier molecular flexibility index (Phi) is 7.72. The van der Waals surface area contributed by atoms with Crippen LogP contribution < -0.4 is 16.2 Å². The van der Waals surface area contributed by atoms with Gasteiger partial charge >= 0.3 is 5.97 Å². The Morgan fingerprint density at radius 1 is 1.26 bits per heavy atom. The molecule has 0 saturated carbocycles. The molecule has 0 fully saturated rings. The summed E-state index contributed by atoms with van der Waals surface area (Å²) in [6, 6.07) is 6.29. The van der Waals surface area contributed by atoms with Crippen molar-refractivity contribution in [3.8, 4) is 0 Å². The fourth-order valence-corrected chi connectivity index (χ4v) is 1.68. The second kappa shape index (κ2) is 9.54. The molecule has 1 aromatic rings. The molecule has 7 nitrogen and oxygen atoms in total. The molecular weight excluding hydrogens is 342 g/mol. The van der Waals surface area contributed by atoms with Crippen molar-refractivity contribution >= 4 is 46.7 Å². The Balaban J connectivity index is 2.40. The van der Waals surface area contributed by atoms with E-state index >= 15 is 0 Å². The zero-order valence-electron chi connectivity index (χ0n) is 12.1. The normalized spacial score (nSPS) is 10.0. The van der Waals surface area contributed by atoms with Crippen LogP contribution in [0.1, 0.15) is 17.3 Å². The van der Waals surface area contributed by atoms with Crippen LogP contribution in [-0.4, -0.2) is 29.5 Å². The molecule has 0 aliphatic carbocycles. The van der Waals surface area contributed by atoms with Crippen molar-refractivity contribution in [3.63, 3.8) is 0 Å². The molecular formula is C14H14ClN3O4S. The molecule has 122 valence electrons. The van der Waals surface area contributed by atoms with Gasteiger partial charge in [-0.1, -0.05) is 17.7 Å². The minimum absolute atomic E-state index is 0.140. The number of esters is 1. The number of carbonyl (C=O) groups is 3. The van der Waals surface area contributed by atoms with E-state index in [0.29, 0.717) is 10.6 Å². The zero-order chi connectivity index (χ0) is 17.2. The number of rotatable bonds is 4. The highest BCUT2D eigenvalue weighted by Gasteiger charge is 2.07. The van der Waals surface area contributed by atoms with Gasteiger partial charge in [-0.25, -0.2) is 4.79 Å². The van der Waals surface area contributed by atoms with E-state index < -0.39 is 17.8 Å². The third kappa shape index (κ3) is 7.39. The van der Waals surface area contributed by atoms with Crippen LogP contribution >= 0.6 is 23.8 Å². The van der Waals surface area contributed by atoms with Gasteiger partial charge in [0.1, 0.15) is 0 Å². The van der Waals surface area contributed by atoms with Crippen molar-refractivity contribution in [3.05, 3.63) is 47.0 Å². The van der Waals surface area contributed by atoms with Gasteiger partial charge in [0.15, 0.2) is 5.11 Å². The molecule has 9 heteroatoms. The van der Waals surface area contributed by atoms with E-state index in [2.05, 4.69) is 20.9 Å². The Morgan fingerprint density at radius 2 is 2.00 bits per heavy atom. The smallest absolute Gasteiger partial charge is 0.330 e. The first-order valence-corrected chi connectivity index (χ1v) is 7.22. The second-order valence-corrected chi connectivity index (χ2v) is 4.84. The van der Waals surface area contributed by atoms with Crippen LogP contribution in [0.4, 0.5) is 0 Å². The number of amides is 2. The molecule has 0 atom stereocenters. The first-order chi connectivity index (χ1) is 10.9. The number of hydrazine groups is 1. The van der Waals surface area contributed by atoms with E-state index in [1.807, 2.05) is 0 Å². The van der Waals surface area contributed by atoms with Gasteiger partial charge in [0.2, 0.25) is 5.91 Å². The van der Waals surface area contributed by atoms with Crippen LogP contribution in [0.5, 0.6) is 0 Å². The maximum atomic E-state index is 11.8. The third-order valence-corrected chi connectivity index (χ3v) is 2.71. The Morgan fingerprint density at radius 3 is 2.65 bits per heavy atom. The van der Waals surface area contributed by atoms with E-state index in [0.717, 1.165) is 12.2 Å². The summed E-state index contributed by atoms with van der Waals surface area (Å²) < 4.78 is 4.61. The summed E-state index contributed by atoms with van der Waals surface area (Å²) in [5, 5.41) is 2.52. The molecule has 23 heavy (non-hydrogen) atoms. The summed E-state index contributed by atoms with van der Waals surface area (Å²) in [4.78, 5) is 34.3. The quantitative estimate of drug-likeness (QED) is 0.324. The van der Waals surface area contributed by atoms with Gasteiger partial charge in [-0.05, 0) is 37.3 Å². The van der Waals surface area contributed by atoms with Crippen LogP contribution in [-0.2, 0) is 14.3 Å². The average Bonchev–Trinajstić information content (AvgIpc) is 2.51. The minimum atomic E-state index is -0.646. The number of nitrogens with one attached hydrogen (secondary N) is 3. The third-order valence-electron chi connectivity index (χ3n) is 2.27. The van der Waals surface area contributed by atoms with Crippen LogP contribution in [0, 0.1) is 0 Å². The van der Waals surface area contributed by atoms with Crippen LogP contribution in [0.25, 0.3) is 0 Å². The number of hydrogen-bond donors (Lipinski definition) is 3. The fraction of sp³-hybridized carbons (Fsp3) is 0.143. The number of halogens is 1. The average molecular weight is 356 g/mol. The van der Waals surface area contributed by atoms with Gasteiger partial charge in [0.05, 0.1) is 6.61 Å². The van der Waals surface area contributed by atoms with Crippen molar-refractivity contribution < 1.29 is 19.1 Å². The summed E-state index contributed by atoms with van der Waals surface area (Å²) in [6.45, 7) is 1.85. The first kappa shape index (κ1) is 18.6. The van der Waals surface area contributed by atoms with Crippen molar-refractivity contribution in [2.24, 2.45) is 0 Å². The monoisotopic (exact) mass is 355 g/mol. The molecule has 0 saturated heterocycles. The van der Waals surface area contributed by atoms with Crippen molar-refractivity contribution in [2.45, 2.75) is 6.92 Å². The molecule has 1 rings (SSSR count). The second-order valence-electron chi connectivity index (χ2n) is 3.99. The predicted molar refractivity (Wildman–Crippen MR) is 88.6 cm³/mol. The SMILES string of the molecule is CCOC(=O)C=CC(=O)NC(=S)NNC(=O)c1cccc(Cl)c1. The molecule has 3 N–H and O–H groups in total. The molecule has 0 radical (unpaired) electrons. The van der Waals surface area contributed by atoms with Gasteiger partial charge in [0, 0.05) is 22.7 Å². The summed E-state index contributed by atoms with van der Waals surface area (Å²) in [5.41, 5.74) is 4.97. The van der Waals surface area contributed by atoms with Crippen LogP contribution in [0.2, 0.25) is 5.02 Å². The molecule has 0 heterocycles. The molecule has 0 aliphatic rings. The summed E-state index contributed by atoms with van der Waals surface area (Å²) in [7, 11) is 0. The molecule has 0 unspecified atom stereocenters. The largest absolute Gasteiger partial charge is 0.463 e. The topological polar surface area (TPSA) is 96.5 Å². The van der Waals surface area contributed by atoms with Crippen LogP contribution in [0.3, 0.4) is 0 Å². The molecule has 0 spiro atoms. The van der Waals surface area contributed by atoms with E-state index in [1.54, 1.807) is 25.1 Å². The summed E-state index contributed by atoms with van der Waals surface area (Å²) >= 11 is 10.6. The lowest BCUT2D eigenvalue weighted by Gasteiger charge is -2.09. The minimum Gasteiger partial charge on any atom is -0.463 e. The fourth-order valence-electron chi connectivity index (χ4n) is 1.33. The summed E-state index contributed by atoms with van der Waals surface area (Å²) in [5.74, 6) is -1.77. The number of ether oxygens (including phenoxy) is 1. The Bertz CT molecular complexity index is 649. The van der Waals surface area contributed by atoms with Gasteiger partial charge in [-0.15, -0.1) is 0 Å². The lowest BCUT2D eigenvalue weighted by molar-refractivity contribution is -0.137. The number of benzene rings is 1. The molecule has 0 bridgehead atoms. The van der Waals surface area contributed by atoms with E-state index in [1.165, 1.54) is 6.07 Å². The van der Waals surface area contributed by atoms with Crippen molar-refractivity contribution in [1.29, 1.82) is 0 Å². The van der Waals surface area contributed by atoms with E-state index in [4.69, 9.17) is 23.8 Å². The number of thiocarbonyl (C=S) groups is 1. The first-order valence-electron chi connectivity index (χ1n) is 6.44. The molecule has 0 aliphatic heterocycles. The van der Waals surface area contributed by atoms with E-state index in [-0.39, 0.29) is 11.7 Å². The van der Waals surface area contributed by atoms with Gasteiger partial charge in [-0.2, -0.15) is 0 Å². The predicted octanol–water partition coefficient (Wildman–Crippen LogP) is 1.09. The highest BCUT2D eigenvalue weighted by atomic mass is 35.5. The van der Waals surface area contributed by atoms with Crippen molar-refractivity contribution in [1.82, 2.24) is 16.2 Å². The van der Waals surface area contributed by atoms with Gasteiger partial charge < -0.3 is 4.74 Å². The summed E-state index contributed by atoms with van der Waals surface area (Å²) in [6.07, 6.45) is 1.93. The van der Waals surface area contributed by atoms with E-state index in [9.17, 15) is 14.4 Å². The maximum absolute atomic E-state index is 11.8.